The highest BCUT2D eigenvalue weighted by atomic mass is 19.4. The number of phenols is 1. The van der Waals surface area contributed by atoms with Gasteiger partial charge in [0.05, 0.1) is 16.8 Å². The lowest BCUT2D eigenvalue weighted by atomic mass is 10.1. The molecule has 0 aromatic heterocycles. The number of hydrogen-bond acceptors (Lipinski definition) is 2. The monoisotopic (exact) mass is 317 g/mol. The fourth-order valence-electron chi connectivity index (χ4n) is 1.67. The average molecular weight is 317 g/mol. The van der Waals surface area contributed by atoms with E-state index < -0.39 is 40.6 Å². The molecule has 0 saturated heterocycles. The number of rotatable bonds is 2. The van der Waals surface area contributed by atoms with Gasteiger partial charge >= 0.3 is 6.18 Å². The van der Waals surface area contributed by atoms with Crippen molar-refractivity contribution in [2.75, 3.05) is 5.32 Å². The summed E-state index contributed by atoms with van der Waals surface area (Å²) < 4.78 is 64.2. The highest BCUT2D eigenvalue weighted by Crippen LogP contribution is 2.31. The van der Waals surface area contributed by atoms with Gasteiger partial charge in [-0.1, -0.05) is 0 Å². The standard InChI is InChI=1S/C14H8F5NO2/c15-8-2-4-12(21)11(6-8)20-13(22)9-5-7(14(17,18)19)1-3-10(9)16/h1-6,21H,(H,20,22). The second-order valence-corrected chi connectivity index (χ2v) is 4.31. The van der Waals surface area contributed by atoms with Crippen molar-refractivity contribution in [1.82, 2.24) is 0 Å². The largest absolute Gasteiger partial charge is 0.506 e. The third-order valence-electron chi connectivity index (χ3n) is 2.75. The van der Waals surface area contributed by atoms with E-state index in [0.29, 0.717) is 18.2 Å². The summed E-state index contributed by atoms with van der Waals surface area (Å²) in [7, 11) is 0. The van der Waals surface area contributed by atoms with E-state index in [-0.39, 0.29) is 5.69 Å². The summed E-state index contributed by atoms with van der Waals surface area (Å²) in [4.78, 5) is 11.8. The van der Waals surface area contributed by atoms with Crippen LogP contribution in [0.3, 0.4) is 0 Å². The van der Waals surface area contributed by atoms with E-state index in [1.807, 2.05) is 5.32 Å². The molecule has 0 unspecified atom stereocenters. The van der Waals surface area contributed by atoms with Gasteiger partial charge in [-0.3, -0.25) is 4.79 Å². The minimum atomic E-state index is -4.75. The summed E-state index contributed by atoms with van der Waals surface area (Å²) in [6, 6.07) is 3.93. The number of carbonyl (C=O) groups is 1. The maximum atomic E-state index is 13.5. The van der Waals surface area contributed by atoms with Crippen LogP contribution in [0.25, 0.3) is 0 Å². The Hall–Kier alpha value is -2.64. The molecular weight excluding hydrogens is 309 g/mol. The molecule has 0 heterocycles. The zero-order valence-electron chi connectivity index (χ0n) is 10.7. The highest BCUT2D eigenvalue weighted by molar-refractivity contribution is 6.05. The topological polar surface area (TPSA) is 49.3 Å². The predicted molar refractivity (Wildman–Crippen MR) is 67.4 cm³/mol. The van der Waals surface area contributed by atoms with Crippen molar-refractivity contribution in [2.45, 2.75) is 6.18 Å². The lowest BCUT2D eigenvalue weighted by Gasteiger charge is -2.11. The van der Waals surface area contributed by atoms with Crippen molar-refractivity contribution in [2.24, 2.45) is 0 Å². The molecule has 0 bridgehead atoms. The average Bonchev–Trinajstić information content (AvgIpc) is 2.42. The van der Waals surface area contributed by atoms with Crippen LogP contribution in [0.5, 0.6) is 5.75 Å². The molecule has 22 heavy (non-hydrogen) atoms. The van der Waals surface area contributed by atoms with E-state index in [9.17, 15) is 31.9 Å². The van der Waals surface area contributed by atoms with Crippen molar-refractivity contribution in [1.29, 1.82) is 0 Å². The number of carbonyl (C=O) groups excluding carboxylic acids is 1. The van der Waals surface area contributed by atoms with Crippen LogP contribution in [0.4, 0.5) is 27.6 Å². The van der Waals surface area contributed by atoms with Crippen LogP contribution in [-0.2, 0) is 6.18 Å². The van der Waals surface area contributed by atoms with E-state index in [1.165, 1.54) is 0 Å². The molecule has 2 N–H and O–H groups in total. The van der Waals surface area contributed by atoms with Crippen molar-refractivity contribution >= 4 is 11.6 Å². The fraction of sp³-hybridized carbons (Fsp3) is 0.0714. The quantitative estimate of drug-likeness (QED) is 0.651. The van der Waals surface area contributed by atoms with Gasteiger partial charge in [-0.2, -0.15) is 13.2 Å². The van der Waals surface area contributed by atoms with Gasteiger partial charge in [0.25, 0.3) is 5.91 Å². The van der Waals surface area contributed by atoms with Crippen LogP contribution in [0.1, 0.15) is 15.9 Å². The van der Waals surface area contributed by atoms with Gasteiger partial charge in [0.2, 0.25) is 0 Å². The van der Waals surface area contributed by atoms with E-state index >= 15 is 0 Å². The maximum Gasteiger partial charge on any atom is 0.416 e. The molecule has 1 amide bonds. The Morgan fingerprint density at radius 2 is 1.73 bits per heavy atom. The number of halogens is 5. The van der Waals surface area contributed by atoms with Gasteiger partial charge in [-0.05, 0) is 30.3 Å². The van der Waals surface area contributed by atoms with Gasteiger partial charge in [0.15, 0.2) is 0 Å². The van der Waals surface area contributed by atoms with Crippen LogP contribution in [0.2, 0.25) is 0 Å². The molecule has 2 rings (SSSR count). The molecule has 8 heteroatoms. The summed E-state index contributed by atoms with van der Waals surface area (Å²) >= 11 is 0. The molecule has 2 aromatic rings. The first kappa shape index (κ1) is 15.7. The first-order valence-corrected chi connectivity index (χ1v) is 5.85. The Bertz CT molecular complexity index is 728. The third kappa shape index (κ3) is 3.33. The summed E-state index contributed by atoms with van der Waals surface area (Å²) in [5, 5.41) is 11.4. The molecule has 116 valence electrons. The minimum Gasteiger partial charge on any atom is -0.506 e. The Morgan fingerprint density at radius 3 is 2.36 bits per heavy atom. The van der Waals surface area contributed by atoms with Crippen LogP contribution < -0.4 is 5.32 Å². The van der Waals surface area contributed by atoms with E-state index in [1.54, 1.807) is 0 Å². The molecule has 0 fully saturated rings. The number of phenolic OH excluding ortho intramolecular Hbond substituents is 1. The van der Waals surface area contributed by atoms with Crippen LogP contribution >= 0.6 is 0 Å². The molecule has 0 aliphatic carbocycles. The second kappa shape index (κ2) is 5.63. The van der Waals surface area contributed by atoms with Crippen LogP contribution in [0, 0.1) is 11.6 Å². The van der Waals surface area contributed by atoms with Gasteiger partial charge in [-0.15, -0.1) is 0 Å². The molecule has 0 aliphatic heterocycles. The van der Waals surface area contributed by atoms with Gasteiger partial charge < -0.3 is 10.4 Å². The first-order valence-electron chi connectivity index (χ1n) is 5.85. The summed E-state index contributed by atoms with van der Waals surface area (Å²) in [5.41, 5.74) is -2.47. The molecule has 2 aromatic carbocycles. The lowest BCUT2D eigenvalue weighted by molar-refractivity contribution is -0.137. The summed E-state index contributed by atoms with van der Waals surface area (Å²) in [6.07, 6.45) is -4.75. The van der Waals surface area contributed by atoms with Crippen molar-refractivity contribution in [3.8, 4) is 5.75 Å². The molecule has 0 atom stereocenters. The first-order chi connectivity index (χ1) is 10.2. The number of hydrogen-bond donors (Lipinski definition) is 2. The molecule has 3 nitrogen and oxygen atoms in total. The Kier molecular flexibility index (Phi) is 4.03. The van der Waals surface area contributed by atoms with Crippen LogP contribution in [-0.4, -0.2) is 11.0 Å². The molecule has 0 spiro atoms. The molecule has 0 aliphatic rings. The van der Waals surface area contributed by atoms with E-state index in [0.717, 1.165) is 18.2 Å². The number of anilines is 1. The lowest BCUT2D eigenvalue weighted by Crippen LogP contribution is -2.16. The van der Waals surface area contributed by atoms with Crippen LogP contribution in [0.15, 0.2) is 36.4 Å². The normalized spacial score (nSPS) is 11.3. The zero-order chi connectivity index (χ0) is 16.5. The number of alkyl halides is 3. The molecular formula is C14H8F5NO2. The van der Waals surface area contributed by atoms with Gasteiger partial charge in [-0.25, -0.2) is 8.78 Å². The van der Waals surface area contributed by atoms with Crippen molar-refractivity contribution in [3.63, 3.8) is 0 Å². The highest BCUT2D eigenvalue weighted by Gasteiger charge is 2.32. The van der Waals surface area contributed by atoms with E-state index in [2.05, 4.69) is 0 Å². The summed E-state index contributed by atoms with van der Waals surface area (Å²) in [6.45, 7) is 0. The maximum absolute atomic E-state index is 13.5. The SMILES string of the molecule is O=C(Nc1cc(F)ccc1O)c1cc(C(F)(F)F)ccc1F. The molecule has 0 radical (unpaired) electrons. The number of aromatic hydroxyl groups is 1. The van der Waals surface area contributed by atoms with Crippen molar-refractivity contribution < 1.29 is 31.9 Å². The number of amides is 1. The third-order valence-corrected chi connectivity index (χ3v) is 2.75. The smallest absolute Gasteiger partial charge is 0.416 e. The van der Waals surface area contributed by atoms with Crippen molar-refractivity contribution in [3.05, 3.63) is 59.2 Å². The number of benzene rings is 2. The minimum absolute atomic E-state index is 0.334. The van der Waals surface area contributed by atoms with Gasteiger partial charge in [0.1, 0.15) is 17.4 Å². The molecule has 0 saturated carbocycles. The fourth-order valence-corrected chi connectivity index (χ4v) is 1.67. The summed E-state index contributed by atoms with van der Waals surface area (Å²) in [5.74, 6) is -3.73. The van der Waals surface area contributed by atoms with E-state index in [4.69, 9.17) is 0 Å². The number of nitrogens with one attached hydrogen (secondary N) is 1. The Morgan fingerprint density at radius 1 is 1.05 bits per heavy atom. The Labute approximate surface area is 121 Å². The zero-order valence-corrected chi connectivity index (χ0v) is 10.7. The van der Waals surface area contributed by atoms with Gasteiger partial charge in [0, 0.05) is 6.07 Å². The predicted octanol–water partition coefficient (Wildman–Crippen LogP) is 3.94. The second-order valence-electron chi connectivity index (χ2n) is 4.31. The Balaban J connectivity index is 2.35.